The van der Waals surface area contributed by atoms with E-state index in [-0.39, 0.29) is 0 Å². The fourth-order valence-electron chi connectivity index (χ4n) is 0.969. The highest BCUT2D eigenvalue weighted by atomic mass is 79.9. The Labute approximate surface area is 86.5 Å². The van der Waals surface area contributed by atoms with Crippen LogP contribution in [0.25, 0.3) is 0 Å². The highest BCUT2D eigenvalue weighted by Crippen LogP contribution is 2.18. The van der Waals surface area contributed by atoms with Crippen molar-refractivity contribution in [2.24, 2.45) is 0 Å². The van der Waals surface area contributed by atoms with Crippen molar-refractivity contribution >= 4 is 33.2 Å². The Morgan fingerprint density at radius 3 is 2.83 bits per heavy atom. The second-order valence-electron chi connectivity index (χ2n) is 2.59. The van der Waals surface area contributed by atoms with Crippen LogP contribution in [0, 0.1) is 0 Å². The van der Waals surface area contributed by atoms with E-state index in [2.05, 4.69) is 33.0 Å². The molecule has 1 aromatic rings. The standard InChI is InChI=1S/C9H11BrClN/c1-12(6-5-11)9-4-2-3-8(10)7-9/h2-4,7H,5-6H2,1H3. The van der Waals surface area contributed by atoms with E-state index in [0.717, 1.165) is 11.0 Å². The molecule has 0 aliphatic heterocycles. The van der Waals surface area contributed by atoms with Crippen LogP contribution < -0.4 is 4.90 Å². The van der Waals surface area contributed by atoms with Crippen molar-refractivity contribution in [1.29, 1.82) is 0 Å². The Kier molecular flexibility index (Phi) is 3.89. The largest absolute Gasteiger partial charge is 0.373 e. The van der Waals surface area contributed by atoms with Gasteiger partial charge in [-0.15, -0.1) is 11.6 Å². The zero-order valence-corrected chi connectivity index (χ0v) is 9.27. The molecule has 1 nitrogen and oxygen atoms in total. The minimum atomic E-state index is 0.656. The third-order valence-corrected chi connectivity index (χ3v) is 2.33. The molecule has 1 aromatic carbocycles. The molecule has 0 amide bonds. The lowest BCUT2D eigenvalue weighted by molar-refractivity contribution is 0.973. The van der Waals surface area contributed by atoms with Gasteiger partial charge in [0.05, 0.1) is 0 Å². The molecule has 0 N–H and O–H groups in total. The molecular formula is C9H11BrClN. The monoisotopic (exact) mass is 247 g/mol. The van der Waals surface area contributed by atoms with Gasteiger partial charge in [-0.25, -0.2) is 0 Å². The summed E-state index contributed by atoms with van der Waals surface area (Å²) in [5, 5.41) is 0. The molecule has 0 spiro atoms. The first-order valence-corrected chi connectivity index (χ1v) is 5.09. The van der Waals surface area contributed by atoms with Crippen molar-refractivity contribution in [2.45, 2.75) is 0 Å². The molecule has 3 heteroatoms. The molecule has 0 atom stereocenters. The summed E-state index contributed by atoms with van der Waals surface area (Å²) in [6.07, 6.45) is 0. The second-order valence-corrected chi connectivity index (χ2v) is 3.88. The third-order valence-electron chi connectivity index (χ3n) is 1.67. The van der Waals surface area contributed by atoms with Crippen LogP contribution in [0.1, 0.15) is 0 Å². The minimum absolute atomic E-state index is 0.656. The summed E-state index contributed by atoms with van der Waals surface area (Å²) >= 11 is 9.05. The van der Waals surface area contributed by atoms with Crippen molar-refractivity contribution < 1.29 is 0 Å². The quantitative estimate of drug-likeness (QED) is 0.743. The minimum Gasteiger partial charge on any atom is -0.373 e. The molecular weight excluding hydrogens is 237 g/mol. The SMILES string of the molecule is CN(CCCl)c1cccc(Br)c1. The summed E-state index contributed by atoms with van der Waals surface area (Å²) < 4.78 is 1.10. The summed E-state index contributed by atoms with van der Waals surface area (Å²) in [5.74, 6) is 0.656. The molecule has 0 radical (unpaired) electrons. The summed E-state index contributed by atoms with van der Waals surface area (Å²) in [6.45, 7) is 0.873. The lowest BCUT2D eigenvalue weighted by atomic mass is 10.3. The molecule has 0 aliphatic rings. The van der Waals surface area contributed by atoms with E-state index in [9.17, 15) is 0 Å². The molecule has 1 rings (SSSR count). The highest BCUT2D eigenvalue weighted by Gasteiger charge is 1.98. The Hall–Kier alpha value is -0.210. The predicted octanol–water partition coefficient (Wildman–Crippen LogP) is 3.12. The number of halogens is 2. The lowest BCUT2D eigenvalue weighted by Crippen LogP contribution is -2.19. The Morgan fingerprint density at radius 1 is 1.50 bits per heavy atom. The highest BCUT2D eigenvalue weighted by molar-refractivity contribution is 9.10. The molecule has 0 saturated carbocycles. The van der Waals surface area contributed by atoms with Crippen molar-refractivity contribution in [2.75, 3.05) is 24.4 Å². The van der Waals surface area contributed by atoms with Gasteiger partial charge in [-0.1, -0.05) is 22.0 Å². The van der Waals surface area contributed by atoms with E-state index in [1.807, 2.05) is 19.2 Å². The van der Waals surface area contributed by atoms with E-state index < -0.39 is 0 Å². The van der Waals surface area contributed by atoms with E-state index in [4.69, 9.17) is 11.6 Å². The predicted molar refractivity (Wildman–Crippen MR) is 58.1 cm³/mol. The molecule has 0 aromatic heterocycles. The molecule has 12 heavy (non-hydrogen) atoms. The van der Waals surface area contributed by atoms with Crippen LogP contribution >= 0.6 is 27.5 Å². The zero-order chi connectivity index (χ0) is 8.97. The van der Waals surface area contributed by atoms with Gasteiger partial charge >= 0.3 is 0 Å². The van der Waals surface area contributed by atoms with Gasteiger partial charge in [0.2, 0.25) is 0 Å². The number of hydrogen-bond donors (Lipinski definition) is 0. The van der Waals surface area contributed by atoms with Crippen molar-refractivity contribution in [1.82, 2.24) is 0 Å². The van der Waals surface area contributed by atoms with Gasteiger partial charge in [-0.3, -0.25) is 0 Å². The molecule has 0 fully saturated rings. The molecule has 0 aliphatic carbocycles. The van der Waals surface area contributed by atoms with Crippen LogP contribution in [-0.2, 0) is 0 Å². The number of nitrogens with zero attached hydrogens (tertiary/aromatic N) is 1. The van der Waals surface area contributed by atoms with E-state index >= 15 is 0 Å². The number of hydrogen-bond acceptors (Lipinski definition) is 1. The Bertz CT molecular complexity index is 252. The summed E-state index contributed by atoms with van der Waals surface area (Å²) in [5.41, 5.74) is 1.19. The zero-order valence-electron chi connectivity index (χ0n) is 6.93. The topological polar surface area (TPSA) is 3.24 Å². The van der Waals surface area contributed by atoms with Gasteiger partial charge in [0.15, 0.2) is 0 Å². The van der Waals surface area contributed by atoms with Crippen LogP contribution in [0.5, 0.6) is 0 Å². The maximum absolute atomic E-state index is 5.63. The fourth-order valence-corrected chi connectivity index (χ4v) is 1.61. The fraction of sp³-hybridized carbons (Fsp3) is 0.333. The maximum Gasteiger partial charge on any atom is 0.0399 e. The molecule has 66 valence electrons. The number of benzene rings is 1. The molecule has 0 heterocycles. The van der Waals surface area contributed by atoms with E-state index in [1.54, 1.807) is 0 Å². The summed E-state index contributed by atoms with van der Waals surface area (Å²) in [7, 11) is 2.03. The number of rotatable bonds is 3. The van der Waals surface area contributed by atoms with E-state index in [1.165, 1.54) is 5.69 Å². The first-order chi connectivity index (χ1) is 5.74. The van der Waals surface area contributed by atoms with Crippen molar-refractivity contribution in [3.05, 3.63) is 28.7 Å². The van der Waals surface area contributed by atoms with Gasteiger partial charge in [0.25, 0.3) is 0 Å². The van der Waals surface area contributed by atoms with Gasteiger partial charge in [0, 0.05) is 29.6 Å². The first-order valence-electron chi connectivity index (χ1n) is 3.76. The summed E-state index contributed by atoms with van der Waals surface area (Å²) in [6, 6.07) is 8.17. The average Bonchev–Trinajstić information content (AvgIpc) is 2.05. The third kappa shape index (κ3) is 2.68. The normalized spacial score (nSPS) is 9.92. The van der Waals surface area contributed by atoms with Gasteiger partial charge < -0.3 is 4.90 Å². The van der Waals surface area contributed by atoms with Gasteiger partial charge in [0.1, 0.15) is 0 Å². The van der Waals surface area contributed by atoms with Crippen LogP contribution in [0.3, 0.4) is 0 Å². The Balaban J connectivity index is 2.73. The second kappa shape index (κ2) is 4.73. The molecule has 0 bridgehead atoms. The Morgan fingerprint density at radius 2 is 2.25 bits per heavy atom. The van der Waals surface area contributed by atoms with E-state index in [0.29, 0.717) is 5.88 Å². The van der Waals surface area contributed by atoms with Crippen molar-refractivity contribution in [3.63, 3.8) is 0 Å². The van der Waals surface area contributed by atoms with Crippen molar-refractivity contribution in [3.8, 4) is 0 Å². The van der Waals surface area contributed by atoms with Crippen LogP contribution in [0.4, 0.5) is 5.69 Å². The van der Waals surface area contributed by atoms with Gasteiger partial charge in [-0.2, -0.15) is 0 Å². The smallest absolute Gasteiger partial charge is 0.0399 e. The number of anilines is 1. The van der Waals surface area contributed by atoms with Crippen LogP contribution in [0.15, 0.2) is 28.7 Å². The number of alkyl halides is 1. The molecule has 0 unspecified atom stereocenters. The lowest BCUT2D eigenvalue weighted by Gasteiger charge is -2.17. The molecule has 0 saturated heterocycles. The van der Waals surface area contributed by atoms with Crippen LogP contribution in [0.2, 0.25) is 0 Å². The van der Waals surface area contributed by atoms with Crippen LogP contribution in [-0.4, -0.2) is 19.5 Å². The maximum atomic E-state index is 5.63. The average molecular weight is 249 g/mol. The summed E-state index contributed by atoms with van der Waals surface area (Å²) in [4.78, 5) is 2.12. The van der Waals surface area contributed by atoms with Gasteiger partial charge in [-0.05, 0) is 18.2 Å². The first kappa shape index (κ1) is 9.87.